The molecule has 1 rings (SSSR count). The molecule has 0 aromatic carbocycles. The van der Waals surface area contributed by atoms with Gasteiger partial charge in [-0.25, -0.2) is 8.78 Å². The SMILES string of the molecule is CCOC[C@H]1CC(F)(F)CN1CC(=O)O. The molecule has 1 aliphatic heterocycles. The second kappa shape index (κ2) is 4.85. The number of halogens is 2. The normalized spacial score (nSPS) is 25.7. The van der Waals surface area contributed by atoms with Crippen LogP contribution in [-0.4, -0.2) is 54.2 Å². The van der Waals surface area contributed by atoms with Crippen molar-refractivity contribution in [2.24, 2.45) is 0 Å². The number of hydrogen-bond acceptors (Lipinski definition) is 3. The van der Waals surface area contributed by atoms with Crippen molar-refractivity contribution in [3.63, 3.8) is 0 Å². The lowest BCUT2D eigenvalue weighted by atomic mass is 10.2. The predicted molar refractivity (Wildman–Crippen MR) is 49.1 cm³/mol. The number of carbonyl (C=O) groups is 1. The number of hydrogen-bond donors (Lipinski definition) is 1. The maximum absolute atomic E-state index is 13.0. The smallest absolute Gasteiger partial charge is 0.317 e. The predicted octanol–water partition coefficient (Wildman–Crippen LogP) is 0.817. The van der Waals surface area contributed by atoms with Gasteiger partial charge in [0.1, 0.15) is 0 Å². The van der Waals surface area contributed by atoms with Crippen molar-refractivity contribution in [3.05, 3.63) is 0 Å². The Morgan fingerprint density at radius 3 is 2.87 bits per heavy atom. The summed E-state index contributed by atoms with van der Waals surface area (Å²) in [5, 5.41) is 8.56. The van der Waals surface area contributed by atoms with E-state index in [0.717, 1.165) is 0 Å². The van der Waals surface area contributed by atoms with Gasteiger partial charge in [-0.2, -0.15) is 0 Å². The molecule has 0 saturated carbocycles. The Labute approximate surface area is 86.8 Å². The van der Waals surface area contributed by atoms with Crippen molar-refractivity contribution < 1.29 is 23.4 Å². The molecule has 0 radical (unpaired) electrons. The van der Waals surface area contributed by atoms with Gasteiger partial charge in [0.15, 0.2) is 0 Å². The van der Waals surface area contributed by atoms with E-state index < -0.39 is 24.5 Å². The van der Waals surface area contributed by atoms with Crippen molar-refractivity contribution >= 4 is 5.97 Å². The number of rotatable bonds is 5. The van der Waals surface area contributed by atoms with E-state index in [1.54, 1.807) is 6.92 Å². The highest BCUT2D eigenvalue weighted by atomic mass is 19.3. The van der Waals surface area contributed by atoms with Gasteiger partial charge in [0.05, 0.1) is 19.7 Å². The third kappa shape index (κ3) is 3.71. The van der Waals surface area contributed by atoms with Crippen LogP contribution in [0.1, 0.15) is 13.3 Å². The van der Waals surface area contributed by atoms with E-state index in [9.17, 15) is 13.6 Å². The monoisotopic (exact) mass is 223 g/mol. The molecule has 6 heteroatoms. The molecule has 0 spiro atoms. The van der Waals surface area contributed by atoms with Gasteiger partial charge in [-0.3, -0.25) is 9.69 Å². The molecule has 15 heavy (non-hydrogen) atoms. The number of nitrogens with zero attached hydrogens (tertiary/aromatic N) is 1. The fraction of sp³-hybridized carbons (Fsp3) is 0.889. The second-order valence-corrected chi connectivity index (χ2v) is 3.67. The van der Waals surface area contributed by atoms with Crippen LogP contribution in [-0.2, 0) is 9.53 Å². The third-order valence-electron chi connectivity index (χ3n) is 2.34. The lowest BCUT2D eigenvalue weighted by Crippen LogP contribution is -2.37. The van der Waals surface area contributed by atoms with Gasteiger partial charge in [-0.1, -0.05) is 0 Å². The summed E-state index contributed by atoms with van der Waals surface area (Å²) in [6.07, 6.45) is -0.319. The number of ether oxygens (including phenoxy) is 1. The molecule has 1 aliphatic rings. The fourth-order valence-corrected chi connectivity index (χ4v) is 1.74. The molecule has 0 aromatic rings. The minimum absolute atomic E-state index is 0.166. The first kappa shape index (κ1) is 12.3. The quantitative estimate of drug-likeness (QED) is 0.749. The lowest BCUT2D eigenvalue weighted by Gasteiger charge is -2.20. The maximum atomic E-state index is 13.0. The summed E-state index contributed by atoms with van der Waals surface area (Å²) in [7, 11) is 0. The molecule has 0 amide bonds. The van der Waals surface area contributed by atoms with Gasteiger partial charge < -0.3 is 9.84 Å². The van der Waals surface area contributed by atoms with Crippen LogP contribution in [0.5, 0.6) is 0 Å². The summed E-state index contributed by atoms with van der Waals surface area (Å²) in [6, 6.07) is -0.490. The molecule has 88 valence electrons. The van der Waals surface area contributed by atoms with E-state index >= 15 is 0 Å². The summed E-state index contributed by atoms with van der Waals surface area (Å²) in [4.78, 5) is 11.7. The van der Waals surface area contributed by atoms with E-state index in [2.05, 4.69) is 0 Å². The Morgan fingerprint density at radius 2 is 2.33 bits per heavy atom. The molecule has 1 saturated heterocycles. The Balaban J connectivity index is 2.53. The second-order valence-electron chi connectivity index (χ2n) is 3.67. The van der Waals surface area contributed by atoms with Crippen LogP contribution in [0.3, 0.4) is 0 Å². The van der Waals surface area contributed by atoms with Crippen LogP contribution in [0.4, 0.5) is 8.78 Å². The number of carboxylic acids is 1. The highest BCUT2D eigenvalue weighted by Gasteiger charge is 2.45. The topological polar surface area (TPSA) is 49.8 Å². The number of aliphatic carboxylic acids is 1. The maximum Gasteiger partial charge on any atom is 0.317 e. The van der Waals surface area contributed by atoms with E-state index in [0.29, 0.717) is 6.61 Å². The van der Waals surface area contributed by atoms with Crippen molar-refractivity contribution in [3.8, 4) is 0 Å². The number of alkyl halides is 2. The molecule has 0 aromatic heterocycles. The summed E-state index contributed by atoms with van der Waals surface area (Å²) in [6.45, 7) is 1.54. The largest absolute Gasteiger partial charge is 0.480 e. The van der Waals surface area contributed by atoms with Crippen molar-refractivity contribution in [2.75, 3.05) is 26.3 Å². The van der Waals surface area contributed by atoms with Crippen molar-refractivity contribution in [1.82, 2.24) is 4.90 Å². The molecule has 0 unspecified atom stereocenters. The van der Waals surface area contributed by atoms with E-state index in [1.807, 2.05) is 0 Å². The first-order chi connectivity index (χ1) is 6.94. The average Bonchev–Trinajstić information content (AvgIpc) is 2.36. The first-order valence-corrected chi connectivity index (χ1v) is 4.86. The summed E-state index contributed by atoms with van der Waals surface area (Å²) in [5.74, 6) is -3.88. The molecule has 0 bridgehead atoms. The van der Waals surface area contributed by atoms with E-state index in [4.69, 9.17) is 9.84 Å². The molecular formula is C9H15F2NO3. The molecule has 1 heterocycles. The van der Waals surface area contributed by atoms with Gasteiger partial charge in [-0.15, -0.1) is 0 Å². The Bertz CT molecular complexity index is 235. The number of likely N-dealkylation sites (tertiary alicyclic amines) is 1. The van der Waals surface area contributed by atoms with Crippen LogP contribution in [0, 0.1) is 0 Å². The van der Waals surface area contributed by atoms with Crippen molar-refractivity contribution in [2.45, 2.75) is 25.3 Å². The van der Waals surface area contributed by atoms with E-state index in [1.165, 1.54) is 4.90 Å². The molecular weight excluding hydrogens is 208 g/mol. The van der Waals surface area contributed by atoms with Crippen LogP contribution < -0.4 is 0 Å². The van der Waals surface area contributed by atoms with Gasteiger partial charge in [-0.05, 0) is 6.92 Å². The highest BCUT2D eigenvalue weighted by molar-refractivity contribution is 5.69. The molecule has 1 atom stereocenters. The fourth-order valence-electron chi connectivity index (χ4n) is 1.74. The standard InChI is InChI=1S/C9H15F2NO3/c1-2-15-5-7-3-9(10,11)6-12(7)4-8(13)14/h7H,2-6H2,1H3,(H,13,14)/t7-/m1/s1. The van der Waals surface area contributed by atoms with Crippen LogP contribution in [0.15, 0.2) is 0 Å². The average molecular weight is 223 g/mol. The summed E-state index contributed by atoms with van der Waals surface area (Å²) in [5.41, 5.74) is 0. The molecule has 1 fully saturated rings. The molecule has 4 nitrogen and oxygen atoms in total. The molecule has 0 aliphatic carbocycles. The Kier molecular flexibility index (Phi) is 3.98. The lowest BCUT2D eigenvalue weighted by molar-refractivity contribution is -0.138. The van der Waals surface area contributed by atoms with Crippen molar-refractivity contribution in [1.29, 1.82) is 0 Å². The zero-order valence-electron chi connectivity index (χ0n) is 8.58. The van der Waals surface area contributed by atoms with Gasteiger partial charge >= 0.3 is 5.97 Å². The summed E-state index contributed by atoms with van der Waals surface area (Å²) < 4.78 is 31.1. The minimum atomic E-state index is -2.79. The zero-order valence-corrected chi connectivity index (χ0v) is 8.58. The van der Waals surface area contributed by atoms with E-state index in [-0.39, 0.29) is 19.6 Å². The third-order valence-corrected chi connectivity index (χ3v) is 2.34. The van der Waals surface area contributed by atoms with Gasteiger partial charge in [0.2, 0.25) is 0 Å². The first-order valence-electron chi connectivity index (χ1n) is 4.86. The van der Waals surface area contributed by atoms with Crippen LogP contribution >= 0.6 is 0 Å². The van der Waals surface area contributed by atoms with Gasteiger partial charge in [0, 0.05) is 19.1 Å². The summed E-state index contributed by atoms with van der Waals surface area (Å²) >= 11 is 0. The molecule has 1 N–H and O–H groups in total. The van der Waals surface area contributed by atoms with Gasteiger partial charge in [0.25, 0.3) is 5.92 Å². The Morgan fingerprint density at radius 1 is 1.67 bits per heavy atom. The van der Waals surface area contributed by atoms with Crippen LogP contribution in [0.25, 0.3) is 0 Å². The van der Waals surface area contributed by atoms with Crippen LogP contribution in [0.2, 0.25) is 0 Å². The minimum Gasteiger partial charge on any atom is -0.480 e. The Hall–Kier alpha value is -0.750. The zero-order chi connectivity index (χ0) is 11.5. The number of carboxylic acid groups (broad SMARTS) is 1. The highest BCUT2D eigenvalue weighted by Crippen LogP contribution is 2.31.